The molecule has 4 aliphatic carbocycles. The third-order valence-electron chi connectivity index (χ3n) is 20.0. The molecule has 0 radical (unpaired) electrons. The van der Waals surface area contributed by atoms with Gasteiger partial charge in [0.2, 0.25) is 23.6 Å². The van der Waals surface area contributed by atoms with E-state index in [2.05, 4.69) is 26.6 Å². The van der Waals surface area contributed by atoms with Crippen LogP contribution in [0.25, 0.3) is 0 Å². The molecule has 7 rings (SSSR count). The molecule has 0 spiro atoms. The van der Waals surface area contributed by atoms with E-state index >= 15 is 4.79 Å². The monoisotopic (exact) mass is 1580 g/mol. The van der Waals surface area contributed by atoms with Crippen LogP contribution in [0.4, 0.5) is 4.79 Å². The van der Waals surface area contributed by atoms with Crippen molar-refractivity contribution in [2.45, 2.75) is 177 Å². The van der Waals surface area contributed by atoms with Gasteiger partial charge in [-0.05, 0) is 86.9 Å². The Labute approximate surface area is 637 Å². The zero-order valence-corrected chi connectivity index (χ0v) is 62.2. The van der Waals surface area contributed by atoms with Gasteiger partial charge in [0.25, 0.3) is 5.91 Å². The number of esters is 4. The van der Waals surface area contributed by atoms with Crippen LogP contribution in [0.3, 0.4) is 0 Å². The molecule has 36 nitrogen and oxygen atoms in total. The smallest absolute Gasteiger partial charge is 0.481 e. The number of Topliss-reactive ketones (excluding diaryl/α,β-unsaturated/α-hetero) is 1. The number of guanidine groups is 1. The molecule has 3 saturated carbocycles. The molecule has 3 fully saturated rings. The molecule has 0 saturated heterocycles. The summed E-state index contributed by atoms with van der Waals surface area (Å²) in [6.07, 6.45) is -15.4. The maximum absolute atomic E-state index is 16.5. The van der Waals surface area contributed by atoms with Gasteiger partial charge >= 0.3 is 53.9 Å². The topological polar surface area (TPSA) is 581 Å². The van der Waals surface area contributed by atoms with Crippen molar-refractivity contribution in [3.8, 4) is 0 Å². The average Bonchev–Trinajstić information content (AvgIpc) is 0.667. The molecule has 16 atom stereocenters. The highest BCUT2D eigenvalue weighted by atomic mass is 33.1. The Kier molecular flexibility index (Phi) is 29.6. The molecule has 38 heteroatoms. The van der Waals surface area contributed by atoms with Crippen LogP contribution >= 0.6 is 21.6 Å². The number of carboxylic acid groups (broad SMARTS) is 4. The highest BCUT2D eigenvalue weighted by molar-refractivity contribution is 8.76. The number of rotatable bonds is 36. The summed E-state index contributed by atoms with van der Waals surface area (Å²) in [6, 6.07) is 12.5. The van der Waals surface area contributed by atoms with Crippen molar-refractivity contribution in [2.75, 3.05) is 24.7 Å². The number of hydrogen-bond donors (Lipinski definition) is 15. The standard InChI is InChI=1S/C72H89N9O27S2/c1-35-47(105-66(100)54(90)53(38-17-10-7-11-18-38)81-59(92)39-19-12-8-13-20-39)33-72(102)58(107-65(99)40-21-14-9-15-22-40)56-70(6,57(91)55(104-36(2)82)52(35)69(72,4)5)48(29-41-24-25-71(41,56)108-37(3)83)106-68(101)103-27-28-109-110-34-46(64(97)98)80-63(96)45(32-51(88)89)79-62(95)44(31-50(86)87)78-61(94)43(23-16-26-76-67(74)75)77-60(93)42(73)30-49(84)85/h7-15,17-22,41-48,53-56,58,90,102H,16,23-34,73H2,1-6H3,(H,77,93)(H,78,94)(H,79,95)(H,80,96)(H,81,92)(H,84,85)(H,86,87)(H,88,89)(H,97,98)(H4,74,75,76)/t41-,42+,43+,44+,45+,46+,47+,48+,53+,54-,55-,56?,58+,70-,71+,72-/m1/s1. The number of carbonyl (C=O) groups excluding carboxylic acids is 11. The van der Waals surface area contributed by atoms with E-state index in [1.807, 2.05) is 5.32 Å². The van der Waals surface area contributed by atoms with Crippen molar-refractivity contribution in [2.24, 2.45) is 34.1 Å². The van der Waals surface area contributed by atoms with Gasteiger partial charge in [-0.3, -0.25) is 58.1 Å². The summed E-state index contributed by atoms with van der Waals surface area (Å²) < 4.78 is 36.9. The van der Waals surface area contributed by atoms with Gasteiger partial charge in [-0.25, -0.2) is 19.2 Å². The van der Waals surface area contributed by atoms with Crippen molar-refractivity contribution >= 4 is 117 Å². The summed E-state index contributed by atoms with van der Waals surface area (Å²) in [5.41, 5.74) is 2.51. The number of aliphatic carboxylic acids is 4. The van der Waals surface area contributed by atoms with E-state index in [0.717, 1.165) is 35.4 Å². The molecule has 596 valence electrons. The van der Waals surface area contributed by atoms with Crippen LogP contribution in [-0.4, -0.2) is 222 Å². The molecule has 5 amide bonds. The number of nitrogens with one attached hydrogen (secondary N) is 7. The van der Waals surface area contributed by atoms with Crippen LogP contribution in [0.15, 0.2) is 102 Å². The van der Waals surface area contributed by atoms with Crippen LogP contribution in [0, 0.1) is 28.1 Å². The van der Waals surface area contributed by atoms with Crippen molar-refractivity contribution in [1.29, 1.82) is 5.41 Å². The third-order valence-corrected chi connectivity index (χ3v) is 22.3. The Balaban J connectivity index is 1.12. The van der Waals surface area contributed by atoms with Crippen molar-refractivity contribution in [1.82, 2.24) is 31.9 Å². The number of ketones is 1. The maximum atomic E-state index is 16.5. The van der Waals surface area contributed by atoms with Gasteiger partial charge in [0.15, 0.2) is 24.0 Å². The Hall–Kier alpha value is -10.7. The molecule has 4 aliphatic rings. The first-order valence-electron chi connectivity index (χ1n) is 34.7. The lowest BCUT2D eigenvalue weighted by Crippen LogP contribution is -2.79. The number of carbonyl (C=O) groups is 15. The molecule has 0 aromatic heterocycles. The van der Waals surface area contributed by atoms with Gasteiger partial charge in [-0.15, -0.1) is 0 Å². The summed E-state index contributed by atoms with van der Waals surface area (Å²) in [7, 11) is 1.66. The molecule has 2 bridgehead atoms. The normalized spacial score (nSPS) is 24.0. The number of carboxylic acids is 4. The number of nitrogens with two attached hydrogens (primary N) is 2. The molecular formula is C72H89N9O27S2. The largest absolute Gasteiger partial charge is 0.508 e. The molecule has 3 aromatic carbocycles. The number of amides is 5. The number of fused-ring (bicyclic) bond motifs is 5. The molecular weight excluding hydrogens is 1490 g/mol. The number of hydrogen-bond acceptors (Lipinski definition) is 27. The fourth-order valence-corrected chi connectivity index (χ4v) is 16.5. The molecule has 110 heavy (non-hydrogen) atoms. The van der Waals surface area contributed by atoms with Crippen molar-refractivity contribution in [3.05, 3.63) is 119 Å². The number of benzene rings is 3. The van der Waals surface area contributed by atoms with E-state index in [1.165, 1.54) is 64.1 Å². The van der Waals surface area contributed by atoms with Gasteiger partial charge in [-0.1, -0.05) is 102 Å². The van der Waals surface area contributed by atoms with Gasteiger partial charge in [0.05, 0.1) is 48.2 Å². The van der Waals surface area contributed by atoms with Gasteiger partial charge in [-0.2, -0.15) is 0 Å². The summed E-state index contributed by atoms with van der Waals surface area (Å²) in [5.74, 6) is -21.6. The fraction of sp³-hybridized carbons (Fsp3) is 0.500. The van der Waals surface area contributed by atoms with E-state index in [9.17, 15) is 92.7 Å². The summed E-state index contributed by atoms with van der Waals surface area (Å²) in [6.45, 7) is 7.24. The summed E-state index contributed by atoms with van der Waals surface area (Å²) >= 11 is 0. The minimum Gasteiger partial charge on any atom is -0.481 e. The van der Waals surface area contributed by atoms with Crippen molar-refractivity contribution in [3.63, 3.8) is 0 Å². The lowest BCUT2D eigenvalue weighted by atomic mass is 9.41. The second kappa shape index (κ2) is 37.6. The van der Waals surface area contributed by atoms with Gasteiger partial charge in [0.1, 0.15) is 60.3 Å². The van der Waals surface area contributed by atoms with E-state index in [1.54, 1.807) is 54.6 Å². The Morgan fingerprint density at radius 2 is 1.22 bits per heavy atom. The van der Waals surface area contributed by atoms with Crippen LogP contribution in [0.1, 0.15) is 132 Å². The Bertz CT molecular complexity index is 4030. The average molecular weight is 1580 g/mol. The predicted molar refractivity (Wildman–Crippen MR) is 385 cm³/mol. The zero-order valence-electron chi connectivity index (χ0n) is 60.6. The number of aliphatic hydroxyl groups is 2. The van der Waals surface area contributed by atoms with E-state index in [4.69, 9.17) is 50.4 Å². The molecule has 3 aromatic rings. The van der Waals surface area contributed by atoms with Crippen LogP contribution in [0.5, 0.6) is 0 Å². The second-order valence-corrected chi connectivity index (χ2v) is 30.2. The second-order valence-electron chi connectivity index (χ2n) is 27.6. The van der Waals surface area contributed by atoms with E-state index in [-0.39, 0.29) is 72.2 Å². The SMILES string of the molecule is CC(=O)O[C@H]1C(=O)[C@@]2(C)C([C@H](OC(=O)c3ccccc3)[C@]3(O)C[C@H](OC(=O)[C@H](O)[C@@H](NC(=O)c4ccccc4)c4ccccc4)C(C)=C1C3(C)C)[C@]1(OC(C)=O)CC[C@@H]1C[C@@H]2OC(=O)OCCSSC[C@H](NC(=O)[C@H](CC(=O)O)NC(=O)[C@H](CC(=O)O)NC(=O)[C@H](CCCNC(=N)N)NC(=O)[C@@H](N)CC(=O)O)C(=O)O. The lowest BCUT2D eigenvalue weighted by molar-refractivity contribution is -0.297. The third kappa shape index (κ3) is 20.8. The first-order valence-corrected chi connectivity index (χ1v) is 37.2. The van der Waals surface area contributed by atoms with Crippen LogP contribution in [0.2, 0.25) is 0 Å². The van der Waals surface area contributed by atoms with Gasteiger partial charge < -0.3 is 102 Å². The number of aliphatic hydroxyl groups excluding tert-OH is 1. The molecule has 0 heterocycles. The van der Waals surface area contributed by atoms with Crippen LogP contribution < -0.4 is 43.4 Å². The summed E-state index contributed by atoms with van der Waals surface area (Å²) in [4.78, 5) is 203. The number of ether oxygens (including phenoxy) is 6. The van der Waals surface area contributed by atoms with Crippen LogP contribution in [-0.2, 0) is 86.0 Å². The zero-order chi connectivity index (χ0) is 81.3. The summed E-state index contributed by atoms with van der Waals surface area (Å²) in [5, 5.41) is 85.9. The minimum atomic E-state index is -2.61. The lowest BCUT2D eigenvalue weighted by Gasteiger charge is -2.68. The first kappa shape index (κ1) is 86.5. The quantitative estimate of drug-likeness (QED) is 0.00742. The Morgan fingerprint density at radius 1 is 0.673 bits per heavy atom. The first-order chi connectivity index (χ1) is 51.8. The fourth-order valence-electron chi connectivity index (χ4n) is 14.5. The highest BCUT2D eigenvalue weighted by Crippen LogP contribution is 2.68. The molecule has 17 N–H and O–H groups in total. The van der Waals surface area contributed by atoms with E-state index < -0.39 is 234 Å². The predicted octanol–water partition coefficient (Wildman–Crippen LogP) is 1.33. The maximum Gasteiger partial charge on any atom is 0.508 e. The van der Waals surface area contributed by atoms with Gasteiger partial charge in [0, 0.05) is 55.2 Å². The molecule has 0 aliphatic heterocycles. The Morgan fingerprint density at radius 3 is 1.75 bits per heavy atom. The van der Waals surface area contributed by atoms with E-state index in [0.29, 0.717) is 0 Å². The molecule has 1 unspecified atom stereocenters. The van der Waals surface area contributed by atoms with Crippen molar-refractivity contribution < 1.29 is 131 Å². The highest BCUT2D eigenvalue weighted by Gasteiger charge is 2.78. The minimum absolute atomic E-state index is 0.0154.